The molecule has 10 aromatic rings. The normalized spacial score (nSPS) is 14.3. The maximum atomic E-state index is 13.6. The third kappa shape index (κ3) is 19.2. The van der Waals surface area contributed by atoms with Gasteiger partial charge in [-0.1, -0.05) is 166 Å². The second-order valence-corrected chi connectivity index (χ2v) is 24.8. The highest BCUT2D eigenvalue weighted by Gasteiger charge is 2.41. The van der Waals surface area contributed by atoms with Crippen LogP contribution in [0.2, 0.25) is 0 Å². The Kier molecular flexibility index (Phi) is 26.8. The highest BCUT2D eigenvalue weighted by atomic mass is 79.9. The number of imide groups is 2. The first-order chi connectivity index (χ1) is 44.7. The lowest BCUT2D eigenvalue weighted by atomic mass is 9.80. The maximum Gasteiger partial charge on any atom is 0.488 e. The van der Waals surface area contributed by atoms with E-state index >= 15 is 0 Å². The number of thiazole rings is 2. The van der Waals surface area contributed by atoms with Crippen LogP contribution >= 0.6 is 38.6 Å². The van der Waals surface area contributed by atoms with Crippen molar-refractivity contribution in [1.82, 2.24) is 30.1 Å². The molecule has 24 heteroatoms. The zero-order valence-electron chi connectivity index (χ0n) is 49.7. The topological polar surface area (TPSA) is 264 Å². The van der Waals surface area contributed by atoms with Crippen molar-refractivity contribution in [2.24, 2.45) is 0 Å². The van der Waals surface area contributed by atoms with Gasteiger partial charge in [0.25, 0.3) is 0 Å². The summed E-state index contributed by atoms with van der Waals surface area (Å²) in [6.45, 7) is 4.99. The number of ether oxygens (including phenoxy) is 4. The molecule has 0 spiro atoms. The molecule has 20 nitrogen and oxygen atoms in total. The fourth-order valence-corrected chi connectivity index (χ4v) is 12.8. The highest BCUT2D eigenvalue weighted by molar-refractivity contribution is 9.11. The zero-order chi connectivity index (χ0) is 64.5. The van der Waals surface area contributed by atoms with E-state index in [1.54, 1.807) is 46.9 Å². The summed E-state index contributed by atoms with van der Waals surface area (Å²) in [5.41, 5.74) is 9.25. The number of cyclic esters (lactones) is 2. The molecule has 12 rings (SSSR count). The summed E-state index contributed by atoms with van der Waals surface area (Å²) < 4.78 is 33.5. The fraction of sp³-hybridized carbons (Fsp3) is 0.239. The predicted octanol–water partition coefficient (Wildman–Crippen LogP) is 13.6. The van der Waals surface area contributed by atoms with Crippen LogP contribution in [0.4, 0.5) is 9.59 Å². The number of aryl methyl sites for hydroxylation is 2. The number of hydrogen-bond donors (Lipinski definition) is 2. The first-order valence-corrected chi connectivity index (χ1v) is 31.5. The summed E-state index contributed by atoms with van der Waals surface area (Å²) in [7, 11) is -1.46. The molecule has 0 radical (unpaired) electrons. The molecule has 4 atom stereocenters. The average molecular weight is 1390 g/mol. The van der Waals surface area contributed by atoms with E-state index in [1.807, 2.05) is 135 Å². The minimum atomic E-state index is -1.46. The summed E-state index contributed by atoms with van der Waals surface area (Å²) in [6, 6.07) is 50.6. The molecular formula is C71H72BBrN6O14S2. The highest BCUT2D eigenvalue weighted by Crippen LogP contribution is 2.35. The second kappa shape index (κ2) is 35.0. The third-order valence-electron chi connectivity index (χ3n) is 15.2. The molecule has 2 fully saturated rings. The number of carbonyl (C=O) groups excluding carboxylic acids is 6. The Hall–Kier alpha value is -9.72. The maximum absolute atomic E-state index is 13.6. The molecule has 0 saturated carbocycles. The molecule has 0 aliphatic carbocycles. The lowest BCUT2D eigenvalue weighted by molar-refractivity contribution is -0.130. The molecule has 2 aliphatic rings. The van der Waals surface area contributed by atoms with Crippen molar-refractivity contribution < 1.29 is 66.8 Å². The van der Waals surface area contributed by atoms with Crippen LogP contribution in [0.25, 0.3) is 10.6 Å². The number of carbonyl (C=O) groups is 6. The molecule has 6 aromatic carbocycles. The number of aromatic nitrogens is 4. The average Bonchev–Trinajstić information content (AvgIpc) is 1.77. The number of rotatable bonds is 22. The van der Waals surface area contributed by atoms with Crippen molar-refractivity contribution >= 4 is 87.8 Å². The fourth-order valence-electron chi connectivity index (χ4n) is 10.3. The molecular weight excluding hydrogens is 1320 g/mol. The number of aldehydes is 2. The Balaban J connectivity index is 0.000000227. The zero-order valence-corrected chi connectivity index (χ0v) is 52.9. The SMILES string of the molecule is C.C.C.Cc1nc(-c2ccc(C=O)cc2)sc1COc1ccc([C@H](CC(=O)N2C(=O)OC[C@@H]2Cc2ccccc2)c2ccon2)cc1.Cc1nc(Br)sc1COc1ccc([C@H](CC(=O)N2C(=O)OC[C@@H]2Cc2ccccc2)c2ccon2)cc1.O=Cc1ccc(B(O)O)cc1. The Morgan fingerprint density at radius 3 is 1.40 bits per heavy atom. The van der Waals surface area contributed by atoms with Crippen LogP contribution in [-0.4, -0.2) is 109 Å². The quantitative estimate of drug-likeness (QED) is 0.0472. The Morgan fingerprint density at radius 1 is 0.589 bits per heavy atom. The van der Waals surface area contributed by atoms with E-state index in [0.29, 0.717) is 71.8 Å². The van der Waals surface area contributed by atoms with Gasteiger partial charge < -0.3 is 38.0 Å². The van der Waals surface area contributed by atoms with Crippen LogP contribution < -0.4 is 14.9 Å². The summed E-state index contributed by atoms with van der Waals surface area (Å²) in [5.74, 6) is -0.121. The summed E-state index contributed by atoms with van der Waals surface area (Å²) in [4.78, 5) is 86.8. The van der Waals surface area contributed by atoms with E-state index in [2.05, 4.69) is 36.2 Å². The molecule has 0 bridgehead atoms. The largest absolute Gasteiger partial charge is 0.488 e. The lowest BCUT2D eigenvalue weighted by Crippen LogP contribution is -2.40. The van der Waals surface area contributed by atoms with Gasteiger partial charge in [-0.2, -0.15) is 0 Å². The van der Waals surface area contributed by atoms with Crippen molar-refractivity contribution in [2.75, 3.05) is 13.2 Å². The van der Waals surface area contributed by atoms with Gasteiger partial charge >= 0.3 is 19.3 Å². The van der Waals surface area contributed by atoms with E-state index in [9.17, 15) is 28.8 Å². The van der Waals surface area contributed by atoms with Gasteiger partial charge in [-0.15, -0.1) is 22.7 Å². The van der Waals surface area contributed by atoms with Gasteiger partial charge in [0.1, 0.15) is 68.0 Å². The van der Waals surface area contributed by atoms with Crippen molar-refractivity contribution in [3.05, 3.63) is 252 Å². The number of amides is 4. The Morgan fingerprint density at radius 2 is 1.01 bits per heavy atom. The van der Waals surface area contributed by atoms with Gasteiger partial charge in [-0.05, 0) is 94.6 Å². The van der Waals surface area contributed by atoms with Crippen LogP contribution in [0.15, 0.2) is 195 Å². The second-order valence-electron chi connectivity index (χ2n) is 21.3. The lowest BCUT2D eigenvalue weighted by Gasteiger charge is -2.22. The standard InChI is InChI=1S/C34H29N3O6S.C27H24BrN3O5S.C7H7BO3.3CH4/c1-22-31(44-33(35-22)26-9-7-24(19-38)8-10-26)21-41-28-13-11-25(12-14-28)29(30-15-16-43-36-30)18-32(39)37-27(20-42-34(37)40)17-23-5-3-2-4-6-23;1-17-24(37-26(28)29-17)16-34-21-9-7-19(8-10-21)22(23-11-12-36-30-23)14-25(32)31-20(15-35-27(31)33)13-18-5-3-2-4-6-18;9-5-6-1-3-7(4-2-6)8(10)11;;;/h2-16,19,27,29H,17-18,20-21H2,1H3;2-12,20,22H,13-16H2,1H3;1-5,10-11H;3*1H4/t27-,29-;20-,22-;;;;/m00..../s1. The molecule has 492 valence electrons. The molecule has 4 aromatic heterocycles. The monoisotopic (exact) mass is 1390 g/mol. The van der Waals surface area contributed by atoms with Crippen LogP contribution in [0.1, 0.15) is 122 Å². The summed E-state index contributed by atoms with van der Waals surface area (Å²) >= 11 is 6.49. The minimum absolute atomic E-state index is 0. The van der Waals surface area contributed by atoms with Crippen LogP contribution in [-0.2, 0) is 45.1 Å². The van der Waals surface area contributed by atoms with Crippen molar-refractivity contribution in [1.29, 1.82) is 0 Å². The Labute approximate surface area is 567 Å². The molecule has 2 N–H and O–H groups in total. The summed E-state index contributed by atoms with van der Waals surface area (Å²) in [5, 5.41) is 26.4. The van der Waals surface area contributed by atoms with E-state index in [-0.39, 0.29) is 72.2 Å². The molecule has 6 heterocycles. The van der Waals surface area contributed by atoms with Gasteiger partial charge in [-0.3, -0.25) is 19.2 Å². The Bertz CT molecular complexity index is 4070. The minimum Gasteiger partial charge on any atom is -0.488 e. The van der Waals surface area contributed by atoms with E-state index < -0.39 is 31.1 Å². The summed E-state index contributed by atoms with van der Waals surface area (Å²) in [6.07, 6.45) is 4.34. The van der Waals surface area contributed by atoms with Gasteiger partial charge in [0.05, 0.1) is 44.6 Å². The van der Waals surface area contributed by atoms with Crippen molar-refractivity contribution in [2.45, 2.75) is 98.9 Å². The number of nitrogens with zero attached hydrogens (tertiary/aromatic N) is 6. The van der Waals surface area contributed by atoms with Gasteiger partial charge in [0.15, 0.2) is 3.92 Å². The number of hydrogen-bond acceptors (Lipinski definition) is 20. The molecule has 95 heavy (non-hydrogen) atoms. The molecule has 2 aliphatic heterocycles. The molecule has 0 unspecified atom stereocenters. The number of halogens is 1. The van der Waals surface area contributed by atoms with E-state index in [4.69, 9.17) is 38.0 Å². The van der Waals surface area contributed by atoms with Gasteiger partial charge in [0, 0.05) is 53.5 Å². The van der Waals surface area contributed by atoms with Gasteiger partial charge in [0.2, 0.25) is 11.8 Å². The first-order valence-electron chi connectivity index (χ1n) is 29.1. The van der Waals surface area contributed by atoms with E-state index in [0.717, 1.165) is 64.2 Å². The number of benzene rings is 6. The molecule has 2 saturated heterocycles. The predicted molar refractivity (Wildman–Crippen MR) is 366 cm³/mol. The van der Waals surface area contributed by atoms with E-state index in [1.165, 1.54) is 46.6 Å². The smallest absolute Gasteiger partial charge is 0.488 e. The van der Waals surface area contributed by atoms with Crippen LogP contribution in [0.5, 0.6) is 11.5 Å². The third-order valence-corrected chi connectivity index (χ3v) is 18.0. The van der Waals surface area contributed by atoms with Crippen molar-refractivity contribution in [3.63, 3.8) is 0 Å². The van der Waals surface area contributed by atoms with Crippen LogP contribution in [0, 0.1) is 13.8 Å². The van der Waals surface area contributed by atoms with Crippen LogP contribution in [0.3, 0.4) is 0 Å². The molecule has 4 amide bonds. The van der Waals surface area contributed by atoms with Gasteiger partial charge in [-0.25, -0.2) is 29.4 Å². The van der Waals surface area contributed by atoms with Crippen molar-refractivity contribution in [3.8, 4) is 22.1 Å². The first kappa shape index (κ1) is 72.7.